The summed E-state index contributed by atoms with van der Waals surface area (Å²) in [7, 11) is 0. The van der Waals surface area contributed by atoms with Crippen molar-refractivity contribution in [2.75, 3.05) is 0 Å². The number of nitrogens with two attached hydrogens (primary N) is 1. The number of hydrogen-bond donors (Lipinski definition) is 3. The minimum absolute atomic E-state index is 0.00685. The minimum Gasteiger partial charge on any atom is -0.357 e. The minimum atomic E-state index is -0.00685. The van der Waals surface area contributed by atoms with Crippen LogP contribution >= 0.6 is 12.6 Å². The van der Waals surface area contributed by atoms with Crippen LogP contribution in [0.2, 0.25) is 0 Å². The molecule has 0 bridgehead atoms. The molecule has 0 aliphatic rings. The van der Waals surface area contributed by atoms with Crippen molar-refractivity contribution in [3.8, 4) is 11.1 Å². The number of benzene rings is 3. The Morgan fingerprint density at radius 1 is 0.846 bits per heavy atom. The first-order valence-corrected chi connectivity index (χ1v) is 9.18. The molecule has 3 N–H and O–H groups in total. The van der Waals surface area contributed by atoms with Crippen LogP contribution in [0.4, 0.5) is 0 Å². The van der Waals surface area contributed by atoms with E-state index in [0.717, 1.165) is 16.1 Å². The number of H-pyrrole nitrogens is 1. The third kappa shape index (κ3) is 4.18. The highest BCUT2D eigenvalue weighted by Gasteiger charge is 2.15. The van der Waals surface area contributed by atoms with Crippen molar-refractivity contribution >= 4 is 23.5 Å². The Balaban J connectivity index is 0.000000206. The van der Waals surface area contributed by atoms with Gasteiger partial charge in [-0.1, -0.05) is 66.2 Å². The van der Waals surface area contributed by atoms with Gasteiger partial charge < -0.3 is 10.7 Å². The second kappa shape index (κ2) is 8.26. The number of aromatic nitrogens is 1. The number of aryl methyl sites for hydroxylation is 1. The van der Waals surface area contributed by atoms with Crippen molar-refractivity contribution in [3.63, 3.8) is 0 Å². The fourth-order valence-electron chi connectivity index (χ4n) is 2.96. The van der Waals surface area contributed by atoms with Crippen LogP contribution < -0.4 is 5.73 Å². The van der Waals surface area contributed by atoms with Gasteiger partial charge >= 0.3 is 0 Å². The lowest BCUT2D eigenvalue weighted by Gasteiger charge is -2.08. The number of fused-ring (bicyclic) bond motifs is 1. The van der Waals surface area contributed by atoms with Gasteiger partial charge in [0.2, 0.25) is 0 Å². The number of hydrogen-bond acceptors (Lipinski definition) is 2. The summed E-state index contributed by atoms with van der Waals surface area (Å²) in [6.07, 6.45) is 0. The van der Waals surface area contributed by atoms with Gasteiger partial charge in [-0.2, -0.15) is 0 Å². The van der Waals surface area contributed by atoms with Gasteiger partial charge in [-0.15, -0.1) is 12.6 Å². The van der Waals surface area contributed by atoms with E-state index in [1.54, 1.807) is 0 Å². The second-order valence-corrected chi connectivity index (χ2v) is 6.97. The molecule has 4 aromatic rings. The van der Waals surface area contributed by atoms with Crippen LogP contribution in [0.3, 0.4) is 0 Å². The number of aromatic amines is 1. The summed E-state index contributed by atoms with van der Waals surface area (Å²) in [5, 5.41) is 1.23. The predicted octanol–water partition coefficient (Wildman–Crippen LogP) is 6.14. The van der Waals surface area contributed by atoms with E-state index in [0.29, 0.717) is 0 Å². The average molecular weight is 361 g/mol. The van der Waals surface area contributed by atoms with Crippen LogP contribution in [-0.2, 0) is 0 Å². The van der Waals surface area contributed by atoms with Gasteiger partial charge in [-0.3, -0.25) is 0 Å². The molecule has 1 aromatic heterocycles. The molecule has 0 saturated carbocycles. The first kappa shape index (κ1) is 18.3. The molecule has 0 saturated heterocycles. The maximum Gasteiger partial charge on any atom is 0.0462 e. The molecule has 0 aliphatic heterocycles. The Morgan fingerprint density at radius 2 is 1.46 bits per heavy atom. The SMILES string of the molecule is CC(N)c1[nH]c2ccccc2c1-c1ccccc1.Cc1ccc(S)cc1. The van der Waals surface area contributed by atoms with Crippen molar-refractivity contribution in [2.24, 2.45) is 5.73 Å². The number of rotatable bonds is 2. The Kier molecular flexibility index (Phi) is 5.82. The molecular formula is C23H24N2S. The van der Waals surface area contributed by atoms with E-state index in [1.165, 1.54) is 22.1 Å². The van der Waals surface area contributed by atoms with Crippen LogP contribution in [0.5, 0.6) is 0 Å². The van der Waals surface area contributed by atoms with E-state index in [4.69, 9.17) is 5.73 Å². The van der Waals surface area contributed by atoms with Gasteiger partial charge in [0.25, 0.3) is 0 Å². The highest BCUT2D eigenvalue weighted by Crippen LogP contribution is 2.34. The lowest BCUT2D eigenvalue weighted by molar-refractivity contribution is 0.794. The molecule has 3 heteroatoms. The monoisotopic (exact) mass is 360 g/mol. The molecule has 0 radical (unpaired) electrons. The van der Waals surface area contributed by atoms with Gasteiger partial charge in [0.05, 0.1) is 0 Å². The maximum atomic E-state index is 6.08. The quantitative estimate of drug-likeness (QED) is 0.369. The Labute approximate surface area is 160 Å². The van der Waals surface area contributed by atoms with Crippen molar-refractivity contribution in [2.45, 2.75) is 24.8 Å². The lowest BCUT2D eigenvalue weighted by atomic mass is 10.00. The molecule has 1 unspecified atom stereocenters. The van der Waals surface area contributed by atoms with Crippen LogP contribution in [-0.4, -0.2) is 4.98 Å². The predicted molar refractivity (Wildman–Crippen MR) is 115 cm³/mol. The van der Waals surface area contributed by atoms with Crippen molar-refractivity contribution in [3.05, 3.63) is 90.1 Å². The van der Waals surface area contributed by atoms with E-state index < -0.39 is 0 Å². The van der Waals surface area contributed by atoms with E-state index in [-0.39, 0.29) is 6.04 Å². The van der Waals surface area contributed by atoms with Crippen molar-refractivity contribution < 1.29 is 0 Å². The molecule has 2 nitrogen and oxygen atoms in total. The first-order chi connectivity index (χ1) is 12.6. The highest BCUT2D eigenvalue weighted by atomic mass is 32.1. The smallest absolute Gasteiger partial charge is 0.0462 e. The number of nitrogens with one attached hydrogen (secondary N) is 1. The Hall–Kier alpha value is -2.49. The standard InChI is InChI=1S/C16H16N2.C7H8S/c1-11(17)16-15(12-7-3-2-4-8-12)13-9-5-6-10-14(13)18-16;1-6-2-4-7(8)5-3-6/h2-11,18H,17H2,1H3;2-5,8H,1H3. The third-order valence-corrected chi connectivity index (χ3v) is 4.58. The fraction of sp³-hybridized carbons (Fsp3) is 0.130. The van der Waals surface area contributed by atoms with E-state index in [9.17, 15) is 0 Å². The molecule has 3 aromatic carbocycles. The lowest BCUT2D eigenvalue weighted by Crippen LogP contribution is -2.06. The second-order valence-electron chi connectivity index (χ2n) is 6.45. The molecule has 132 valence electrons. The highest BCUT2D eigenvalue weighted by molar-refractivity contribution is 7.80. The summed E-state index contributed by atoms with van der Waals surface area (Å²) in [6, 6.07) is 26.8. The van der Waals surface area contributed by atoms with Crippen molar-refractivity contribution in [1.29, 1.82) is 0 Å². The van der Waals surface area contributed by atoms with Crippen molar-refractivity contribution in [1.82, 2.24) is 4.98 Å². The molecule has 1 atom stereocenters. The Bertz CT molecular complexity index is 949. The normalized spacial score (nSPS) is 11.7. The topological polar surface area (TPSA) is 41.8 Å². The van der Waals surface area contributed by atoms with Crippen LogP contribution in [0, 0.1) is 6.92 Å². The molecule has 0 spiro atoms. The molecule has 0 fully saturated rings. The molecule has 1 heterocycles. The molecule has 0 aliphatic carbocycles. The van der Waals surface area contributed by atoms with E-state index >= 15 is 0 Å². The number of para-hydroxylation sites is 1. The zero-order chi connectivity index (χ0) is 18.5. The molecule has 26 heavy (non-hydrogen) atoms. The van der Waals surface area contributed by atoms with E-state index in [1.807, 2.05) is 43.3 Å². The fourth-order valence-corrected chi connectivity index (χ4v) is 3.11. The Morgan fingerprint density at radius 3 is 2.08 bits per heavy atom. The van der Waals surface area contributed by atoms with Gasteiger partial charge in [0.1, 0.15) is 0 Å². The van der Waals surface area contributed by atoms with Gasteiger partial charge in [-0.05, 0) is 37.6 Å². The summed E-state index contributed by atoms with van der Waals surface area (Å²) in [5.41, 5.74) is 12.0. The average Bonchev–Trinajstić information content (AvgIpc) is 3.05. The largest absolute Gasteiger partial charge is 0.357 e. The molecular weight excluding hydrogens is 336 g/mol. The summed E-state index contributed by atoms with van der Waals surface area (Å²) in [5.74, 6) is 0. The van der Waals surface area contributed by atoms with E-state index in [2.05, 4.69) is 67.0 Å². The third-order valence-electron chi connectivity index (χ3n) is 4.29. The van der Waals surface area contributed by atoms with Crippen LogP contribution in [0.15, 0.2) is 83.8 Å². The summed E-state index contributed by atoms with van der Waals surface area (Å²) >= 11 is 4.13. The van der Waals surface area contributed by atoms with Gasteiger partial charge in [0.15, 0.2) is 0 Å². The van der Waals surface area contributed by atoms with Crippen LogP contribution in [0.25, 0.3) is 22.0 Å². The number of thiol groups is 1. The van der Waals surface area contributed by atoms with Gasteiger partial charge in [0, 0.05) is 33.1 Å². The zero-order valence-electron chi connectivity index (χ0n) is 15.1. The van der Waals surface area contributed by atoms with Crippen LogP contribution in [0.1, 0.15) is 24.2 Å². The first-order valence-electron chi connectivity index (χ1n) is 8.73. The summed E-state index contributed by atoms with van der Waals surface area (Å²) in [6.45, 7) is 4.07. The molecule has 0 amide bonds. The zero-order valence-corrected chi connectivity index (χ0v) is 16.0. The maximum absolute atomic E-state index is 6.08. The van der Waals surface area contributed by atoms with Gasteiger partial charge in [-0.25, -0.2) is 0 Å². The summed E-state index contributed by atoms with van der Waals surface area (Å²) < 4.78 is 0. The molecule has 4 rings (SSSR count). The summed E-state index contributed by atoms with van der Waals surface area (Å²) in [4.78, 5) is 4.46.